The molecule has 0 saturated carbocycles. The average Bonchev–Trinajstić information content (AvgIpc) is 2.97. The van der Waals surface area contributed by atoms with Crippen LogP contribution in [0.2, 0.25) is 0 Å². The van der Waals surface area contributed by atoms with Gasteiger partial charge in [0.25, 0.3) is 0 Å². The van der Waals surface area contributed by atoms with Crippen LogP contribution in [0.1, 0.15) is 31.3 Å². The molecule has 0 amide bonds. The molecule has 2 aliphatic carbocycles. The molecule has 4 aliphatic rings. The Kier molecular flexibility index (Phi) is 1.14. The van der Waals surface area contributed by atoms with Gasteiger partial charge in [-0.3, -0.25) is 0 Å². The van der Waals surface area contributed by atoms with Gasteiger partial charge in [0.1, 0.15) is 12.2 Å². The number of hydrogen-bond donors (Lipinski definition) is 1. The summed E-state index contributed by atoms with van der Waals surface area (Å²) in [5.74, 6) is -3.24. The van der Waals surface area contributed by atoms with Crippen LogP contribution in [0, 0.1) is 5.89 Å². The van der Waals surface area contributed by atoms with Crippen molar-refractivity contribution in [2.45, 2.75) is 36.4 Å². The maximum absolute atomic E-state index is 9.49. The quantitative estimate of drug-likeness (QED) is 0.841. The van der Waals surface area contributed by atoms with Crippen LogP contribution in [0.25, 0.3) is 0 Å². The predicted octanol–water partition coefficient (Wildman–Crippen LogP) is 1.50. The average molecular weight is 310 g/mol. The van der Waals surface area contributed by atoms with Gasteiger partial charge in [-0.1, -0.05) is 18.2 Å². The minimum atomic E-state index is -3.04. The van der Waals surface area contributed by atoms with Gasteiger partial charge in [0.2, 0.25) is 1.43 Å². The highest BCUT2D eigenvalue weighted by atomic mass is 16.5. The van der Waals surface area contributed by atoms with Crippen LogP contribution in [0.4, 0.5) is 0 Å². The lowest BCUT2D eigenvalue weighted by atomic mass is 9.53. The molecule has 1 N–H and O–H groups in total. The second-order valence-electron chi connectivity index (χ2n) is 5.97. The van der Waals surface area contributed by atoms with Crippen molar-refractivity contribution in [1.29, 1.82) is 1.43 Å². The Bertz CT molecular complexity index is 1110. The zero-order valence-corrected chi connectivity index (χ0v) is 11.8. The second kappa shape index (κ2) is 4.06. The van der Waals surface area contributed by atoms with E-state index >= 15 is 0 Å². The van der Waals surface area contributed by atoms with Crippen molar-refractivity contribution in [1.82, 2.24) is 4.90 Å². The highest BCUT2D eigenvalue weighted by Gasteiger charge is 2.64. The van der Waals surface area contributed by atoms with Gasteiger partial charge < -0.3 is 19.5 Å². The molecule has 5 atom stereocenters. The van der Waals surface area contributed by atoms with Crippen LogP contribution in [0.5, 0.6) is 11.5 Å². The molecule has 4 nitrogen and oxygen atoms in total. The molecule has 5 rings (SSSR count). The Morgan fingerprint density at radius 2 is 2.59 bits per heavy atom. The number of aliphatic hydroxyl groups excluding tert-OH is 1. The second-order valence-corrected chi connectivity index (χ2v) is 5.97. The molecule has 2 bridgehead atoms. The lowest BCUT2D eigenvalue weighted by Gasteiger charge is -2.56. The van der Waals surface area contributed by atoms with E-state index in [4.69, 9.17) is 25.6 Å². The maximum Gasteiger partial charge on any atom is 0.211 e. The van der Waals surface area contributed by atoms with Crippen LogP contribution in [0.3, 0.4) is 0 Å². The molecule has 1 fully saturated rings. The Labute approximate surface area is 145 Å². The molecule has 2 heterocycles. The summed E-state index contributed by atoms with van der Waals surface area (Å²) in [6.45, 7) is 0.0799. The van der Waals surface area contributed by atoms with Crippen LogP contribution >= 0.6 is 0 Å². The van der Waals surface area contributed by atoms with E-state index in [0.29, 0.717) is 0 Å². The summed E-state index contributed by atoms with van der Waals surface area (Å²) in [5.41, 5.74) is -2.33. The van der Waals surface area contributed by atoms with E-state index in [1.165, 1.54) is 24.1 Å². The Morgan fingerprint density at radius 1 is 1.64 bits per heavy atom. The lowest BCUT2D eigenvalue weighted by molar-refractivity contribution is -0.0453. The molecule has 2 aliphatic heterocycles. The molecular weight excluding hydrogens is 278 g/mol. The summed E-state index contributed by atoms with van der Waals surface area (Å²) < 4.78 is 104. The summed E-state index contributed by atoms with van der Waals surface area (Å²) in [4.78, 5) is 1.36. The molecule has 4 heteroatoms. The minimum absolute atomic E-state index is 0.00139. The molecule has 1 aromatic rings. The normalized spacial score (nSPS) is 61.1. The third-order valence-corrected chi connectivity index (χ3v) is 5.00. The first-order valence-corrected chi connectivity index (χ1v) is 7.14. The van der Waals surface area contributed by atoms with Crippen molar-refractivity contribution in [3.05, 3.63) is 35.4 Å². The van der Waals surface area contributed by atoms with Gasteiger partial charge >= 0.3 is 0 Å². The number of aliphatic hydroxyl groups is 1. The van der Waals surface area contributed by atoms with Gasteiger partial charge in [0, 0.05) is 28.4 Å². The number of piperidine rings is 1. The highest BCUT2D eigenvalue weighted by Crippen LogP contribution is 2.62. The summed E-state index contributed by atoms with van der Waals surface area (Å²) >= 11 is 0. The molecule has 116 valence electrons. The Hall–Kier alpha value is -1.52. The Balaban J connectivity index is 2.00. The third-order valence-electron chi connectivity index (χ3n) is 5.00. The number of ether oxygens (including phenoxy) is 2. The fourth-order valence-electron chi connectivity index (χ4n) is 4.04. The third kappa shape index (κ3) is 1.28. The van der Waals surface area contributed by atoms with Crippen molar-refractivity contribution < 1.29 is 28.3 Å². The Morgan fingerprint density at radius 3 is 3.45 bits per heavy atom. The number of hydrogen-bond acceptors (Lipinski definition) is 4. The zero-order valence-electron chi connectivity index (χ0n) is 22.8. The van der Waals surface area contributed by atoms with Gasteiger partial charge in [-0.15, -0.1) is 0 Å². The van der Waals surface area contributed by atoms with E-state index in [9.17, 15) is 4.11 Å². The largest absolute Gasteiger partial charge is 0.493 e. The van der Waals surface area contributed by atoms with Gasteiger partial charge in [0.05, 0.1) is 15.3 Å². The molecular formula is C18H21NO3. The molecule has 1 spiro atoms. The standard InChI is InChI=1S/C18H21NO3/c1-19-8-7-18-11-4-5-13(20)17(18)22-16-14(21-2)6-3-10(15(16)18)9-12(11)19/h3-6,11-13,17,20H,7-9H2,1-2H3/t11-,12+,13?,17?,18-/m0/s1/i2D3,3D,6D,9D2,11D,12D,17D,20D. The fourth-order valence-corrected chi connectivity index (χ4v) is 4.04. The molecule has 22 heavy (non-hydrogen) atoms. The first-order chi connectivity index (χ1) is 15.0. The van der Waals surface area contributed by atoms with Gasteiger partial charge in [-0.05, 0) is 38.0 Å². The van der Waals surface area contributed by atoms with E-state index in [-0.39, 0.29) is 18.5 Å². The van der Waals surface area contributed by atoms with Crippen LogP contribution in [0.15, 0.2) is 24.2 Å². The predicted molar refractivity (Wildman–Crippen MR) is 82.5 cm³/mol. The maximum atomic E-state index is 9.49. The number of methoxy groups -OCH3 is 1. The van der Waals surface area contributed by atoms with E-state index < -0.39 is 72.1 Å². The van der Waals surface area contributed by atoms with Gasteiger partial charge in [-0.25, -0.2) is 0 Å². The van der Waals surface area contributed by atoms with Crippen molar-refractivity contribution in [3.8, 4) is 11.5 Å². The molecule has 0 aromatic heterocycles. The van der Waals surface area contributed by atoms with Gasteiger partial charge in [-0.2, -0.15) is 0 Å². The summed E-state index contributed by atoms with van der Waals surface area (Å²) in [5, 5.41) is 4.75. The highest BCUT2D eigenvalue weighted by molar-refractivity contribution is 5.62. The fraction of sp³-hybridized carbons (Fsp3) is 0.556. The smallest absolute Gasteiger partial charge is 0.211 e. The first-order valence-electron chi connectivity index (χ1n) is 12.5. The van der Waals surface area contributed by atoms with Gasteiger partial charge in [0.15, 0.2) is 11.5 Å². The molecule has 1 saturated heterocycles. The van der Waals surface area contributed by atoms with Crippen LogP contribution in [-0.4, -0.2) is 50.3 Å². The van der Waals surface area contributed by atoms with E-state index in [1.807, 2.05) is 0 Å². The zero-order chi connectivity index (χ0) is 24.6. The van der Waals surface area contributed by atoms with E-state index in [1.54, 1.807) is 0 Å². The minimum Gasteiger partial charge on any atom is -0.493 e. The monoisotopic (exact) mass is 310 g/mol. The van der Waals surface area contributed by atoms with Crippen molar-refractivity contribution >= 4 is 0 Å². The summed E-state index contributed by atoms with van der Waals surface area (Å²) in [6.07, 6.45) is -3.88. The van der Waals surface area contributed by atoms with E-state index in [2.05, 4.69) is 0 Å². The van der Waals surface area contributed by atoms with Crippen LogP contribution < -0.4 is 9.47 Å². The van der Waals surface area contributed by atoms with Crippen molar-refractivity contribution in [2.24, 2.45) is 5.89 Å². The number of nitrogens with zero attached hydrogens (tertiary/aromatic N) is 1. The van der Waals surface area contributed by atoms with E-state index in [0.717, 1.165) is 0 Å². The summed E-state index contributed by atoms with van der Waals surface area (Å²) in [7, 11) is -1.56. The number of rotatable bonds is 2. The first kappa shape index (κ1) is 6.17. The topological polar surface area (TPSA) is 41.9 Å². The molecule has 2 unspecified atom stereocenters. The number of likely N-dealkylation sites (N-methyl/N-ethyl adjacent to an activating group) is 1. The lowest BCUT2D eigenvalue weighted by Crippen LogP contribution is -2.64. The summed E-state index contributed by atoms with van der Waals surface area (Å²) in [6, 6.07) is -3.81. The molecule has 0 radical (unpaired) electrons. The van der Waals surface area contributed by atoms with Crippen molar-refractivity contribution in [3.63, 3.8) is 0 Å². The molecule has 1 aromatic carbocycles. The van der Waals surface area contributed by atoms with Crippen LogP contribution in [-0.2, 0) is 11.8 Å². The SMILES string of the molecule is [2H]OC1C=C[C@]2([2H])[C@@]34CCN(C)[C@]2([2H])C([2H])([2H])c2c([2H])c([2H])c(OC([2H])([2H])[2H])c(c23)OC14[2H]. The number of likely N-dealkylation sites (tertiary alicyclic amines) is 1. The number of benzene rings is 1. The van der Waals surface area contributed by atoms with Crippen molar-refractivity contribution in [2.75, 3.05) is 20.6 Å².